The fraction of sp³-hybridized carbons (Fsp3) is 0.250. The number of rotatable bonds is 6. The molecule has 1 fully saturated rings. The van der Waals surface area contributed by atoms with E-state index in [0.717, 1.165) is 24.3 Å². The van der Waals surface area contributed by atoms with E-state index in [4.69, 9.17) is 4.74 Å². The maximum Gasteiger partial charge on any atom is 0.338 e. The molecule has 2 amide bonds. The summed E-state index contributed by atoms with van der Waals surface area (Å²) in [5, 5.41) is 2.54. The molecule has 1 saturated heterocycles. The number of halogens is 1. The summed E-state index contributed by atoms with van der Waals surface area (Å²) in [5.74, 6) is -2.63. The number of nitrogens with zero attached hydrogens (tertiary/aromatic N) is 1. The monoisotopic (exact) mass is 434 g/mol. The molecule has 1 heterocycles. The highest BCUT2D eigenvalue weighted by atomic mass is 32.2. The zero-order valence-corrected chi connectivity index (χ0v) is 16.8. The first-order valence-corrected chi connectivity index (χ1v) is 10.6. The third kappa shape index (κ3) is 4.33. The Morgan fingerprint density at radius 2 is 1.90 bits per heavy atom. The largest absolute Gasteiger partial charge is 0.462 e. The molecule has 3 rings (SSSR count). The molecule has 2 aromatic rings. The number of anilines is 1. The van der Waals surface area contributed by atoms with Crippen molar-refractivity contribution >= 4 is 33.5 Å². The summed E-state index contributed by atoms with van der Waals surface area (Å²) >= 11 is 0. The van der Waals surface area contributed by atoms with Gasteiger partial charge in [-0.25, -0.2) is 21.9 Å². The molecule has 1 aliphatic heterocycles. The lowest BCUT2D eigenvalue weighted by Crippen LogP contribution is -2.45. The summed E-state index contributed by atoms with van der Waals surface area (Å²) < 4.78 is 44.3. The van der Waals surface area contributed by atoms with Crippen LogP contribution in [0.5, 0.6) is 0 Å². The SMILES string of the molecule is CCOC(=O)c1cccc(NC(=O)C2CCC(=O)N2S(=O)(=O)c2ccc(F)cc2)c1. The molecular weight excluding hydrogens is 415 g/mol. The van der Waals surface area contributed by atoms with Gasteiger partial charge in [0.25, 0.3) is 10.0 Å². The van der Waals surface area contributed by atoms with Gasteiger partial charge < -0.3 is 10.1 Å². The van der Waals surface area contributed by atoms with E-state index in [2.05, 4.69) is 5.32 Å². The van der Waals surface area contributed by atoms with Crippen molar-refractivity contribution in [1.82, 2.24) is 4.31 Å². The van der Waals surface area contributed by atoms with Crippen molar-refractivity contribution in [3.05, 3.63) is 59.9 Å². The minimum Gasteiger partial charge on any atom is -0.462 e. The highest BCUT2D eigenvalue weighted by molar-refractivity contribution is 7.89. The summed E-state index contributed by atoms with van der Waals surface area (Å²) in [4.78, 5) is 36.6. The minimum atomic E-state index is -4.34. The fourth-order valence-corrected chi connectivity index (χ4v) is 4.69. The normalized spacial score (nSPS) is 16.4. The number of amides is 2. The Morgan fingerprint density at radius 1 is 1.20 bits per heavy atom. The Hall–Kier alpha value is -3.27. The second-order valence-corrected chi connectivity index (χ2v) is 8.31. The van der Waals surface area contributed by atoms with Crippen LogP contribution < -0.4 is 5.32 Å². The molecule has 0 spiro atoms. The number of sulfonamides is 1. The summed E-state index contributed by atoms with van der Waals surface area (Å²) in [6.07, 6.45) is -0.121. The third-order valence-corrected chi connectivity index (χ3v) is 6.32. The van der Waals surface area contributed by atoms with Crippen LogP contribution in [0.3, 0.4) is 0 Å². The molecule has 0 aliphatic carbocycles. The van der Waals surface area contributed by atoms with Crippen molar-refractivity contribution in [2.24, 2.45) is 0 Å². The van der Waals surface area contributed by atoms with Crippen LogP contribution in [-0.4, -0.2) is 43.2 Å². The molecule has 0 saturated carbocycles. The first kappa shape index (κ1) is 21.4. The van der Waals surface area contributed by atoms with E-state index in [9.17, 15) is 27.2 Å². The summed E-state index contributed by atoms with van der Waals surface area (Å²) in [5.41, 5.74) is 0.469. The lowest BCUT2D eigenvalue weighted by atomic mass is 10.1. The number of hydrogen-bond donors (Lipinski definition) is 1. The van der Waals surface area contributed by atoms with Crippen molar-refractivity contribution in [2.75, 3.05) is 11.9 Å². The lowest BCUT2D eigenvalue weighted by Gasteiger charge is -2.23. The molecule has 158 valence electrons. The van der Waals surface area contributed by atoms with Crippen LogP contribution in [0.2, 0.25) is 0 Å². The van der Waals surface area contributed by atoms with Crippen molar-refractivity contribution < 1.29 is 31.9 Å². The molecule has 1 aliphatic rings. The molecule has 1 N–H and O–H groups in total. The molecule has 0 radical (unpaired) electrons. The van der Waals surface area contributed by atoms with Gasteiger partial charge in [-0.15, -0.1) is 0 Å². The first-order chi connectivity index (χ1) is 14.2. The fourth-order valence-electron chi connectivity index (χ4n) is 3.08. The average molecular weight is 434 g/mol. The zero-order chi connectivity index (χ0) is 21.9. The second kappa shape index (κ2) is 8.62. The van der Waals surface area contributed by atoms with Crippen molar-refractivity contribution in [3.8, 4) is 0 Å². The minimum absolute atomic E-state index is 0.00264. The lowest BCUT2D eigenvalue weighted by molar-refractivity contribution is -0.128. The Morgan fingerprint density at radius 3 is 2.57 bits per heavy atom. The predicted molar refractivity (Wildman–Crippen MR) is 104 cm³/mol. The predicted octanol–water partition coefficient (Wildman–Crippen LogP) is 2.32. The van der Waals surface area contributed by atoms with Gasteiger partial charge in [0.15, 0.2) is 0 Å². The van der Waals surface area contributed by atoms with E-state index in [1.54, 1.807) is 6.92 Å². The number of benzene rings is 2. The summed E-state index contributed by atoms with van der Waals surface area (Å²) in [6.45, 7) is 1.85. The molecule has 1 atom stereocenters. The van der Waals surface area contributed by atoms with E-state index in [1.807, 2.05) is 0 Å². The molecular formula is C20H19FN2O6S. The number of hydrogen-bond acceptors (Lipinski definition) is 6. The van der Waals surface area contributed by atoms with Gasteiger partial charge in [0.05, 0.1) is 17.1 Å². The number of carbonyl (C=O) groups is 3. The Kier molecular flexibility index (Phi) is 6.16. The highest BCUT2D eigenvalue weighted by Gasteiger charge is 2.44. The van der Waals surface area contributed by atoms with Gasteiger partial charge in [0.2, 0.25) is 11.8 Å². The summed E-state index contributed by atoms with van der Waals surface area (Å²) in [7, 11) is -4.34. The molecule has 30 heavy (non-hydrogen) atoms. The smallest absolute Gasteiger partial charge is 0.338 e. The number of ether oxygens (including phenoxy) is 1. The molecule has 0 aromatic heterocycles. The van der Waals surface area contributed by atoms with Gasteiger partial charge in [-0.3, -0.25) is 9.59 Å². The second-order valence-electron chi connectivity index (χ2n) is 6.49. The van der Waals surface area contributed by atoms with E-state index in [0.29, 0.717) is 4.31 Å². The number of esters is 1. The van der Waals surface area contributed by atoms with Crippen LogP contribution in [0.4, 0.5) is 10.1 Å². The van der Waals surface area contributed by atoms with Gasteiger partial charge in [-0.2, -0.15) is 0 Å². The number of carbonyl (C=O) groups excluding carboxylic acids is 3. The van der Waals surface area contributed by atoms with Gasteiger partial charge >= 0.3 is 5.97 Å². The van der Waals surface area contributed by atoms with Crippen LogP contribution >= 0.6 is 0 Å². The standard InChI is InChI=1S/C20H19FN2O6S/c1-2-29-20(26)13-4-3-5-15(12-13)22-19(25)17-10-11-18(24)23(17)30(27,28)16-8-6-14(21)7-9-16/h3-9,12,17H,2,10-11H2,1H3,(H,22,25). The van der Waals surface area contributed by atoms with Crippen LogP contribution in [0.25, 0.3) is 0 Å². The maximum atomic E-state index is 13.1. The molecule has 0 bridgehead atoms. The highest BCUT2D eigenvalue weighted by Crippen LogP contribution is 2.28. The van der Waals surface area contributed by atoms with Crippen molar-refractivity contribution in [1.29, 1.82) is 0 Å². The van der Waals surface area contributed by atoms with Gasteiger partial charge in [-0.05, 0) is 55.8 Å². The van der Waals surface area contributed by atoms with Crippen molar-refractivity contribution in [2.45, 2.75) is 30.7 Å². The van der Waals surface area contributed by atoms with Gasteiger partial charge in [0.1, 0.15) is 11.9 Å². The van der Waals surface area contributed by atoms with E-state index in [1.165, 1.54) is 24.3 Å². The Labute approximate surface area is 172 Å². The van der Waals surface area contributed by atoms with Gasteiger partial charge in [-0.1, -0.05) is 6.07 Å². The van der Waals surface area contributed by atoms with E-state index < -0.39 is 39.7 Å². The van der Waals surface area contributed by atoms with Crippen LogP contribution in [-0.2, 0) is 24.3 Å². The zero-order valence-electron chi connectivity index (χ0n) is 16.0. The number of nitrogens with one attached hydrogen (secondary N) is 1. The topological polar surface area (TPSA) is 110 Å². The van der Waals surface area contributed by atoms with Gasteiger partial charge in [0, 0.05) is 12.1 Å². The van der Waals surface area contributed by atoms with Crippen molar-refractivity contribution in [3.63, 3.8) is 0 Å². The summed E-state index contributed by atoms with van der Waals surface area (Å²) in [6, 6.07) is 8.70. The van der Waals surface area contributed by atoms with Crippen LogP contribution in [0, 0.1) is 5.82 Å². The Balaban J connectivity index is 1.83. The molecule has 2 aromatic carbocycles. The third-order valence-electron chi connectivity index (χ3n) is 4.47. The quantitative estimate of drug-likeness (QED) is 0.699. The maximum absolute atomic E-state index is 13.1. The first-order valence-electron chi connectivity index (χ1n) is 9.15. The van der Waals surface area contributed by atoms with Crippen LogP contribution in [0.1, 0.15) is 30.1 Å². The van der Waals surface area contributed by atoms with E-state index in [-0.39, 0.29) is 35.6 Å². The average Bonchev–Trinajstić information content (AvgIpc) is 3.11. The molecule has 8 nitrogen and oxygen atoms in total. The van der Waals surface area contributed by atoms with E-state index >= 15 is 0 Å². The molecule has 10 heteroatoms. The Bertz CT molecular complexity index is 1080. The molecule has 1 unspecified atom stereocenters. The van der Waals surface area contributed by atoms with Crippen LogP contribution in [0.15, 0.2) is 53.4 Å².